The van der Waals surface area contributed by atoms with Crippen LogP contribution in [-0.4, -0.2) is 42.9 Å². The Morgan fingerprint density at radius 1 is 1.10 bits per heavy atom. The lowest BCUT2D eigenvalue weighted by molar-refractivity contribution is -0.144. The van der Waals surface area contributed by atoms with Crippen molar-refractivity contribution in [3.63, 3.8) is 0 Å². The Bertz CT molecular complexity index is 309. The topological polar surface area (TPSA) is 46.6 Å². The predicted molar refractivity (Wildman–Crippen MR) is 79.5 cm³/mol. The number of nitrogens with zero attached hydrogens (tertiary/aromatic N) is 1. The van der Waals surface area contributed by atoms with Crippen molar-refractivity contribution in [3.05, 3.63) is 0 Å². The maximum Gasteiger partial charge on any atom is 0.306 e. The molecule has 0 bridgehead atoms. The van der Waals surface area contributed by atoms with E-state index >= 15 is 0 Å². The van der Waals surface area contributed by atoms with E-state index in [2.05, 4.69) is 11.8 Å². The number of rotatable bonds is 8. The van der Waals surface area contributed by atoms with Gasteiger partial charge in [0.1, 0.15) is 5.78 Å². The molecule has 0 unspecified atom stereocenters. The van der Waals surface area contributed by atoms with Crippen LogP contribution in [0.4, 0.5) is 0 Å². The largest absolute Gasteiger partial charge is 0.466 e. The number of ketones is 1. The summed E-state index contributed by atoms with van der Waals surface area (Å²) < 4.78 is 4.83. The lowest BCUT2D eigenvalue weighted by Crippen LogP contribution is -2.38. The Morgan fingerprint density at radius 2 is 1.75 bits per heavy atom. The molecule has 0 N–H and O–H groups in total. The van der Waals surface area contributed by atoms with Gasteiger partial charge in [0.2, 0.25) is 0 Å². The zero-order valence-electron chi connectivity index (χ0n) is 13.2. The number of hydrogen-bond donors (Lipinski definition) is 0. The third-order valence-electron chi connectivity index (χ3n) is 4.36. The normalized spacial score (nSPS) is 22.8. The van der Waals surface area contributed by atoms with E-state index in [1.165, 1.54) is 32.1 Å². The molecule has 0 aliphatic heterocycles. The zero-order valence-corrected chi connectivity index (χ0v) is 13.2. The van der Waals surface area contributed by atoms with Gasteiger partial charge in [-0.1, -0.05) is 13.3 Å². The maximum absolute atomic E-state index is 11.9. The van der Waals surface area contributed by atoms with Crippen molar-refractivity contribution in [2.45, 2.75) is 64.8 Å². The summed E-state index contributed by atoms with van der Waals surface area (Å²) in [5, 5.41) is 0. The quantitative estimate of drug-likeness (QED) is 0.643. The van der Waals surface area contributed by atoms with E-state index in [1.54, 1.807) is 6.92 Å². The molecule has 0 aromatic carbocycles. The Balaban J connectivity index is 2.23. The van der Waals surface area contributed by atoms with Crippen molar-refractivity contribution in [2.75, 3.05) is 20.2 Å². The molecule has 116 valence electrons. The number of Topliss-reactive ketones (excluding diaryl/α,β-unsaturated/α-hetero) is 1. The first-order valence-electron chi connectivity index (χ1n) is 7.94. The van der Waals surface area contributed by atoms with Gasteiger partial charge in [-0.2, -0.15) is 0 Å². The summed E-state index contributed by atoms with van der Waals surface area (Å²) in [5.41, 5.74) is 0. The molecule has 0 aromatic heterocycles. The van der Waals surface area contributed by atoms with Crippen LogP contribution in [0.1, 0.15) is 58.8 Å². The van der Waals surface area contributed by atoms with E-state index < -0.39 is 0 Å². The van der Waals surface area contributed by atoms with Crippen molar-refractivity contribution in [3.8, 4) is 0 Å². The highest BCUT2D eigenvalue weighted by molar-refractivity contribution is 5.84. The average Bonchev–Trinajstić information content (AvgIpc) is 2.45. The summed E-state index contributed by atoms with van der Waals surface area (Å²) in [7, 11) is 2.03. The minimum Gasteiger partial charge on any atom is -0.466 e. The van der Waals surface area contributed by atoms with Crippen LogP contribution in [0.15, 0.2) is 0 Å². The van der Waals surface area contributed by atoms with Gasteiger partial charge in [-0.15, -0.1) is 0 Å². The van der Waals surface area contributed by atoms with Crippen LogP contribution in [0.25, 0.3) is 0 Å². The molecule has 0 spiro atoms. The first-order chi connectivity index (χ1) is 9.56. The van der Waals surface area contributed by atoms with Crippen LogP contribution < -0.4 is 0 Å². The molecule has 1 aliphatic rings. The Kier molecular flexibility index (Phi) is 7.82. The number of esters is 1. The third-order valence-corrected chi connectivity index (χ3v) is 4.36. The van der Waals surface area contributed by atoms with Crippen LogP contribution in [0.2, 0.25) is 0 Å². The van der Waals surface area contributed by atoms with E-state index in [0.717, 1.165) is 5.92 Å². The van der Waals surface area contributed by atoms with E-state index in [0.29, 0.717) is 25.6 Å². The first-order valence-corrected chi connectivity index (χ1v) is 7.94. The molecule has 4 heteroatoms. The van der Waals surface area contributed by atoms with Crippen molar-refractivity contribution in [1.29, 1.82) is 0 Å². The number of carbonyl (C=O) groups excluding carboxylic acids is 2. The van der Waals surface area contributed by atoms with Crippen LogP contribution >= 0.6 is 0 Å². The molecule has 0 heterocycles. The second-order valence-electron chi connectivity index (χ2n) is 5.84. The standard InChI is InChI=1S/C16H29NO3/c1-4-13-6-8-14(9-7-13)17(3)12-15(18)10-11-16(19)20-5-2/h13-14H,4-12H2,1-3H3. The highest BCUT2D eigenvalue weighted by Gasteiger charge is 2.24. The molecule has 4 nitrogen and oxygen atoms in total. The summed E-state index contributed by atoms with van der Waals surface area (Å²) in [6.07, 6.45) is 6.73. The van der Waals surface area contributed by atoms with Crippen LogP contribution in [0, 0.1) is 5.92 Å². The van der Waals surface area contributed by atoms with Gasteiger partial charge in [0.15, 0.2) is 0 Å². The molecule has 0 saturated heterocycles. The predicted octanol–water partition coefficient (Wildman–Crippen LogP) is 2.80. The van der Waals surface area contributed by atoms with Crippen LogP contribution in [0.5, 0.6) is 0 Å². The fourth-order valence-electron chi connectivity index (χ4n) is 2.95. The van der Waals surface area contributed by atoms with Gasteiger partial charge in [0, 0.05) is 12.5 Å². The second kappa shape index (κ2) is 9.11. The highest BCUT2D eigenvalue weighted by Crippen LogP contribution is 2.28. The Morgan fingerprint density at radius 3 is 2.30 bits per heavy atom. The number of likely N-dealkylation sites (N-methyl/N-ethyl adjacent to an activating group) is 1. The molecule has 20 heavy (non-hydrogen) atoms. The molecule has 1 rings (SSSR count). The van der Waals surface area contributed by atoms with Gasteiger partial charge in [0.25, 0.3) is 0 Å². The van der Waals surface area contributed by atoms with Crippen LogP contribution in [-0.2, 0) is 14.3 Å². The van der Waals surface area contributed by atoms with Gasteiger partial charge in [-0.3, -0.25) is 14.5 Å². The smallest absolute Gasteiger partial charge is 0.306 e. The summed E-state index contributed by atoms with van der Waals surface area (Å²) in [5.74, 6) is 0.740. The van der Waals surface area contributed by atoms with Gasteiger partial charge >= 0.3 is 5.97 Å². The minimum atomic E-state index is -0.271. The average molecular weight is 283 g/mol. The SMILES string of the molecule is CCOC(=O)CCC(=O)CN(C)C1CCC(CC)CC1. The van der Waals surface area contributed by atoms with Gasteiger partial charge in [-0.25, -0.2) is 0 Å². The molecule has 0 radical (unpaired) electrons. The Hall–Kier alpha value is -0.900. The van der Waals surface area contributed by atoms with E-state index in [-0.39, 0.29) is 18.2 Å². The lowest BCUT2D eigenvalue weighted by atomic mass is 9.84. The summed E-state index contributed by atoms with van der Waals surface area (Å²) in [4.78, 5) is 25.3. The molecule has 0 aromatic rings. The summed E-state index contributed by atoms with van der Waals surface area (Å²) in [6.45, 7) is 4.88. The highest BCUT2D eigenvalue weighted by atomic mass is 16.5. The van der Waals surface area contributed by atoms with Gasteiger partial charge in [0.05, 0.1) is 19.6 Å². The van der Waals surface area contributed by atoms with Gasteiger partial charge in [-0.05, 0) is 45.6 Å². The number of hydrogen-bond acceptors (Lipinski definition) is 4. The summed E-state index contributed by atoms with van der Waals surface area (Å²) >= 11 is 0. The van der Waals surface area contributed by atoms with Crippen molar-refractivity contribution < 1.29 is 14.3 Å². The molecule has 0 atom stereocenters. The molecule has 1 aliphatic carbocycles. The number of ether oxygens (including phenoxy) is 1. The summed E-state index contributed by atoms with van der Waals surface area (Å²) in [6, 6.07) is 0.532. The van der Waals surface area contributed by atoms with Crippen molar-refractivity contribution in [1.82, 2.24) is 4.90 Å². The minimum absolute atomic E-state index is 0.137. The van der Waals surface area contributed by atoms with Crippen molar-refractivity contribution in [2.24, 2.45) is 5.92 Å². The Labute approximate surface area is 122 Å². The molecule has 1 saturated carbocycles. The molecule has 0 amide bonds. The molecular formula is C16H29NO3. The van der Waals surface area contributed by atoms with Crippen LogP contribution in [0.3, 0.4) is 0 Å². The fourth-order valence-corrected chi connectivity index (χ4v) is 2.95. The molecule has 1 fully saturated rings. The number of carbonyl (C=O) groups is 2. The zero-order chi connectivity index (χ0) is 15.0. The first kappa shape index (κ1) is 17.2. The fraction of sp³-hybridized carbons (Fsp3) is 0.875. The second-order valence-corrected chi connectivity index (χ2v) is 5.84. The third kappa shape index (κ3) is 6.04. The van der Waals surface area contributed by atoms with E-state index in [1.807, 2.05) is 7.05 Å². The van der Waals surface area contributed by atoms with Crippen molar-refractivity contribution >= 4 is 11.8 Å². The maximum atomic E-state index is 11.9. The van der Waals surface area contributed by atoms with E-state index in [9.17, 15) is 9.59 Å². The van der Waals surface area contributed by atoms with Gasteiger partial charge < -0.3 is 4.74 Å². The lowest BCUT2D eigenvalue weighted by Gasteiger charge is -2.34. The monoisotopic (exact) mass is 283 g/mol. The van der Waals surface area contributed by atoms with E-state index in [4.69, 9.17) is 4.74 Å². The molecular weight excluding hydrogens is 254 g/mol.